The average molecular weight is 481 g/mol. The minimum absolute atomic E-state index is 0. The minimum Gasteiger partial charge on any atom is -0.496 e. The van der Waals surface area contributed by atoms with Gasteiger partial charge in [-0.2, -0.15) is 0 Å². The highest BCUT2D eigenvalue weighted by atomic mass is 127. The monoisotopic (exact) mass is 481 g/mol. The highest BCUT2D eigenvalue weighted by molar-refractivity contribution is 14.0. The number of benzene rings is 1. The van der Waals surface area contributed by atoms with E-state index in [1.165, 1.54) is 0 Å². The first-order valence-corrected chi connectivity index (χ1v) is 8.50. The molecule has 0 amide bonds. The summed E-state index contributed by atoms with van der Waals surface area (Å²) in [7, 11) is 6.61. The number of nitrogens with one attached hydrogen (secondary N) is 2. The molecule has 0 aromatic heterocycles. The van der Waals surface area contributed by atoms with E-state index in [0.29, 0.717) is 18.9 Å². The Hall–Kier alpha value is -1.42. The third-order valence-electron chi connectivity index (χ3n) is 3.61. The third-order valence-corrected chi connectivity index (χ3v) is 3.61. The summed E-state index contributed by atoms with van der Waals surface area (Å²) in [5, 5.41) is 6.57. The second-order valence-electron chi connectivity index (χ2n) is 5.29. The summed E-state index contributed by atoms with van der Waals surface area (Å²) in [5.74, 6) is 3.00. The van der Waals surface area contributed by atoms with Gasteiger partial charge in [-0.25, -0.2) is 0 Å². The topological polar surface area (TPSA) is 73.3 Å². The number of nitrogens with zero attached hydrogens (tertiary/aromatic N) is 1. The van der Waals surface area contributed by atoms with Gasteiger partial charge in [0, 0.05) is 51.0 Å². The van der Waals surface area contributed by atoms with Gasteiger partial charge in [0.2, 0.25) is 0 Å². The number of halogens is 1. The highest BCUT2D eigenvalue weighted by Crippen LogP contribution is 2.34. The molecule has 26 heavy (non-hydrogen) atoms. The van der Waals surface area contributed by atoms with Gasteiger partial charge < -0.3 is 29.6 Å². The van der Waals surface area contributed by atoms with Crippen LogP contribution in [0.2, 0.25) is 0 Å². The third kappa shape index (κ3) is 8.31. The van der Waals surface area contributed by atoms with E-state index >= 15 is 0 Å². The standard InChI is InChI=1S/C18H31N3O4.HI/c1-6-19-18(20-9-7-11-22-2)21-10-8-15-16(24-4)12-14(23-3)13-17(15)25-5;/h12-13H,6-11H2,1-5H3,(H2,19,20,21);1H. The number of hydrogen-bond acceptors (Lipinski definition) is 5. The van der Waals surface area contributed by atoms with Gasteiger partial charge in [0.15, 0.2) is 5.96 Å². The van der Waals surface area contributed by atoms with Crippen molar-refractivity contribution >= 4 is 29.9 Å². The fourth-order valence-electron chi connectivity index (χ4n) is 2.37. The molecule has 0 atom stereocenters. The number of rotatable bonds is 11. The van der Waals surface area contributed by atoms with Gasteiger partial charge in [-0.1, -0.05) is 0 Å². The molecule has 150 valence electrons. The Morgan fingerprint density at radius 1 is 1.00 bits per heavy atom. The van der Waals surface area contributed by atoms with Crippen LogP contribution in [-0.2, 0) is 11.2 Å². The molecule has 0 heterocycles. The van der Waals surface area contributed by atoms with Crippen LogP contribution in [0.1, 0.15) is 18.9 Å². The zero-order valence-corrected chi connectivity index (χ0v) is 18.7. The van der Waals surface area contributed by atoms with Crippen LogP contribution in [0.4, 0.5) is 0 Å². The fourth-order valence-corrected chi connectivity index (χ4v) is 2.37. The largest absolute Gasteiger partial charge is 0.496 e. The average Bonchev–Trinajstić information content (AvgIpc) is 2.64. The Morgan fingerprint density at radius 2 is 1.65 bits per heavy atom. The maximum Gasteiger partial charge on any atom is 0.191 e. The molecule has 0 bridgehead atoms. The molecule has 8 heteroatoms. The molecule has 0 fully saturated rings. The molecule has 0 aliphatic heterocycles. The van der Waals surface area contributed by atoms with Crippen molar-refractivity contribution in [2.75, 3.05) is 54.7 Å². The minimum atomic E-state index is 0. The van der Waals surface area contributed by atoms with E-state index in [1.54, 1.807) is 28.4 Å². The van der Waals surface area contributed by atoms with Crippen molar-refractivity contribution in [1.29, 1.82) is 0 Å². The molecule has 7 nitrogen and oxygen atoms in total. The predicted octanol–water partition coefficient (Wildman–Crippen LogP) is 2.46. The van der Waals surface area contributed by atoms with Crippen molar-refractivity contribution in [3.05, 3.63) is 17.7 Å². The predicted molar refractivity (Wildman–Crippen MR) is 116 cm³/mol. The number of hydrogen-bond donors (Lipinski definition) is 2. The molecule has 0 unspecified atom stereocenters. The molecule has 1 aromatic rings. The van der Waals surface area contributed by atoms with Crippen molar-refractivity contribution < 1.29 is 18.9 Å². The van der Waals surface area contributed by atoms with Gasteiger partial charge in [0.25, 0.3) is 0 Å². The lowest BCUT2D eigenvalue weighted by Crippen LogP contribution is -2.38. The van der Waals surface area contributed by atoms with E-state index in [1.807, 2.05) is 19.1 Å². The lowest BCUT2D eigenvalue weighted by molar-refractivity contribution is 0.197. The normalized spacial score (nSPS) is 10.7. The number of guanidine groups is 1. The summed E-state index contributed by atoms with van der Waals surface area (Å²) in [4.78, 5) is 4.53. The van der Waals surface area contributed by atoms with Crippen LogP contribution in [-0.4, -0.2) is 60.6 Å². The summed E-state index contributed by atoms with van der Waals surface area (Å²) in [6.45, 7) is 4.99. The SMILES string of the molecule is CCNC(=NCCCOC)NCCc1c(OC)cc(OC)cc1OC.I. The molecule has 1 aromatic carbocycles. The molecule has 0 radical (unpaired) electrons. The second kappa shape index (κ2) is 14.7. The Bertz CT molecular complexity index is 516. The van der Waals surface area contributed by atoms with Crippen LogP contribution < -0.4 is 24.8 Å². The van der Waals surface area contributed by atoms with Gasteiger partial charge >= 0.3 is 0 Å². The quantitative estimate of drug-likeness (QED) is 0.219. The molecule has 0 aliphatic rings. The van der Waals surface area contributed by atoms with E-state index in [2.05, 4.69) is 15.6 Å². The van der Waals surface area contributed by atoms with Crippen LogP contribution in [0, 0.1) is 0 Å². The summed E-state index contributed by atoms with van der Waals surface area (Å²) in [6.07, 6.45) is 1.63. The van der Waals surface area contributed by atoms with Crippen molar-refractivity contribution in [2.45, 2.75) is 19.8 Å². The second-order valence-corrected chi connectivity index (χ2v) is 5.29. The van der Waals surface area contributed by atoms with Crippen LogP contribution in [0.5, 0.6) is 17.2 Å². The molecule has 0 saturated carbocycles. The molecule has 0 aliphatic carbocycles. The number of methoxy groups -OCH3 is 4. The molecular formula is C18H32IN3O4. The van der Waals surface area contributed by atoms with Crippen molar-refractivity contribution in [3.8, 4) is 17.2 Å². The number of aliphatic imine (C=N–C) groups is 1. The van der Waals surface area contributed by atoms with E-state index in [-0.39, 0.29) is 24.0 Å². The number of ether oxygens (including phenoxy) is 4. The smallest absolute Gasteiger partial charge is 0.191 e. The van der Waals surface area contributed by atoms with E-state index in [9.17, 15) is 0 Å². The Morgan fingerprint density at radius 3 is 2.15 bits per heavy atom. The summed E-state index contributed by atoms with van der Waals surface area (Å²) < 4.78 is 21.3. The van der Waals surface area contributed by atoms with Gasteiger partial charge in [-0.05, 0) is 19.8 Å². The maximum absolute atomic E-state index is 5.48. The van der Waals surface area contributed by atoms with Crippen molar-refractivity contribution in [1.82, 2.24) is 10.6 Å². The molecule has 2 N–H and O–H groups in total. The molecule has 0 saturated heterocycles. The summed E-state index contributed by atoms with van der Waals surface area (Å²) in [5.41, 5.74) is 0.994. The lowest BCUT2D eigenvalue weighted by Gasteiger charge is -2.16. The Balaban J connectivity index is 0.00000625. The molecule has 0 spiro atoms. The van der Waals surface area contributed by atoms with Gasteiger partial charge in [0.1, 0.15) is 17.2 Å². The van der Waals surface area contributed by atoms with Gasteiger partial charge in [-0.15, -0.1) is 24.0 Å². The van der Waals surface area contributed by atoms with Crippen molar-refractivity contribution in [3.63, 3.8) is 0 Å². The highest BCUT2D eigenvalue weighted by Gasteiger charge is 2.13. The van der Waals surface area contributed by atoms with Gasteiger partial charge in [-0.3, -0.25) is 4.99 Å². The summed E-state index contributed by atoms with van der Waals surface area (Å²) >= 11 is 0. The van der Waals surface area contributed by atoms with E-state index < -0.39 is 0 Å². The molecular weight excluding hydrogens is 449 g/mol. The van der Waals surface area contributed by atoms with Crippen molar-refractivity contribution in [2.24, 2.45) is 4.99 Å². The lowest BCUT2D eigenvalue weighted by atomic mass is 10.1. The maximum atomic E-state index is 5.48. The van der Waals surface area contributed by atoms with Crippen LogP contribution in [0.25, 0.3) is 0 Å². The Labute approximate surface area is 173 Å². The van der Waals surface area contributed by atoms with Gasteiger partial charge in [0.05, 0.1) is 21.3 Å². The van der Waals surface area contributed by atoms with Crippen LogP contribution in [0.15, 0.2) is 17.1 Å². The summed E-state index contributed by atoms with van der Waals surface area (Å²) in [6, 6.07) is 3.73. The fraction of sp³-hybridized carbons (Fsp3) is 0.611. The van der Waals surface area contributed by atoms with E-state index in [0.717, 1.165) is 49.0 Å². The van der Waals surface area contributed by atoms with Crippen LogP contribution >= 0.6 is 24.0 Å². The van der Waals surface area contributed by atoms with E-state index in [4.69, 9.17) is 18.9 Å². The first-order chi connectivity index (χ1) is 12.2. The zero-order chi connectivity index (χ0) is 18.5. The zero-order valence-electron chi connectivity index (χ0n) is 16.4. The van der Waals surface area contributed by atoms with Crippen LogP contribution in [0.3, 0.4) is 0 Å². The first kappa shape index (κ1) is 24.6. The molecule has 1 rings (SSSR count). The Kier molecular flexibility index (Phi) is 13.9. The first-order valence-electron chi connectivity index (χ1n) is 8.50.